The highest BCUT2D eigenvalue weighted by molar-refractivity contribution is 6.04. The topological polar surface area (TPSA) is 96.2 Å². The highest BCUT2D eigenvalue weighted by Crippen LogP contribution is 2.24. The smallest absolute Gasteiger partial charge is 0.322 e. The van der Waals surface area contributed by atoms with Crippen molar-refractivity contribution in [2.75, 3.05) is 0 Å². The van der Waals surface area contributed by atoms with E-state index < -0.39 is 18.0 Å². The van der Waals surface area contributed by atoms with E-state index in [0.717, 1.165) is 16.8 Å². The normalized spacial score (nSPS) is 16.2. The number of urea groups is 1. The van der Waals surface area contributed by atoms with E-state index in [2.05, 4.69) is 15.6 Å². The van der Waals surface area contributed by atoms with Crippen LogP contribution >= 0.6 is 0 Å². The molecular weight excluding hydrogens is 344 g/mol. The summed E-state index contributed by atoms with van der Waals surface area (Å²) in [7, 11) is 0. The van der Waals surface area contributed by atoms with Crippen molar-refractivity contribution in [1.82, 2.24) is 20.2 Å². The minimum Gasteiger partial charge on any atom is -0.508 e. The molecule has 1 fully saturated rings. The van der Waals surface area contributed by atoms with Gasteiger partial charge in [-0.05, 0) is 23.3 Å². The van der Waals surface area contributed by atoms with Crippen LogP contribution in [0.15, 0.2) is 60.9 Å². The van der Waals surface area contributed by atoms with Crippen LogP contribution in [0.3, 0.4) is 0 Å². The molecule has 2 heterocycles. The largest absolute Gasteiger partial charge is 0.508 e. The van der Waals surface area contributed by atoms with Gasteiger partial charge < -0.3 is 15.0 Å². The standard InChI is InChI=1S/C20H18N4O3/c25-15-8-4-7-14(9-15)11-24-12-21-16(10-13-5-2-1-3-6-13)18(24)17-19(26)23-20(27)22-17/h1-9,12,17,25H,10-11H2,(H2,22,23,26,27). The van der Waals surface area contributed by atoms with E-state index in [1.54, 1.807) is 24.5 Å². The molecule has 4 rings (SSSR count). The molecule has 3 aromatic rings. The summed E-state index contributed by atoms with van der Waals surface area (Å²) in [5.74, 6) is -0.224. The number of amides is 3. The van der Waals surface area contributed by atoms with Crippen molar-refractivity contribution in [3.63, 3.8) is 0 Å². The third-order valence-electron chi connectivity index (χ3n) is 4.48. The Bertz CT molecular complexity index is 997. The monoisotopic (exact) mass is 362 g/mol. The maximum absolute atomic E-state index is 12.3. The van der Waals surface area contributed by atoms with Crippen LogP contribution in [-0.4, -0.2) is 26.6 Å². The molecule has 3 N–H and O–H groups in total. The van der Waals surface area contributed by atoms with Gasteiger partial charge in [0.15, 0.2) is 6.04 Å². The quantitative estimate of drug-likeness (QED) is 0.606. The Morgan fingerprint density at radius 3 is 2.52 bits per heavy atom. The predicted molar refractivity (Wildman–Crippen MR) is 98.1 cm³/mol. The molecule has 1 unspecified atom stereocenters. The van der Waals surface area contributed by atoms with Gasteiger partial charge in [0.05, 0.1) is 17.7 Å². The van der Waals surface area contributed by atoms with E-state index in [1.807, 2.05) is 41.0 Å². The number of hydrogen-bond donors (Lipinski definition) is 3. The molecule has 1 aromatic heterocycles. The number of carbonyl (C=O) groups excluding carboxylic acids is 2. The number of carbonyl (C=O) groups is 2. The zero-order chi connectivity index (χ0) is 18.8. The SMILES string of the molecule is O=C1NC(=O)C(c2c(Cc3ccccc3)ncn2Cc2cccc(O)c2)N1. The lowest BCUT2D eigenvalue weighted by Crippen LogP contribution is -2.24. The van der Waals surface area contributed by atoms with Crippen LogP contribution in [0.5, 0.6) is 5.75 Å². The van der Waals surface area contributed by atoms with Gasteiger partial charge in [0, 0.05) is 13.0 Å². The zero-order valence-corrected chi connectivity index (χ0v) is 14.4. The maximum atomic E-state index is 12.3. The van der Waals surface area contributed by atoms with Crippen molar-refractivity contribution in [3.05, 3.63) is 83.4 Å². The fraction of sp³-hybridized carbons (Fsp3) is 0.150. The lowest BCUT2D eigenvalue weighted by molar-refractivity contribution is -0.120. The number of rotatable bonds is 5. The van der Waals surface area contributed by atoms with E-state index in [0.29, 0.717) is 18.7 Å². The molecule has 3 amide bonds. The molecular formula is C20H18N4O3. The Balaban J connectivity index is 1.72. The van der Waals surface area contributed by atoms with E-state index in [1.165, 1.54) is 0 Å². The van der Waals surface area contributed by atoms with Crippen molar-refractivity contribution in [2.45, 2.75) is 19.0 Å². The first-order chi connectivity index (χ1) is 13.1. The summed E-state index contributed by atoms with van der Waals surface area (Å²) in [6.07, 6.45) is 2.21. The van der Waals surface area contributed by atoms with E-state index in [9.17, 15) is 14.7 Å². The number of imide groups is 1. The number of nitrogens with one attached hydrogen (secondary N) is 2. The van der Waals surface area contributed by atoms with Crippen LogP contribution in [0.25, 0.3) is 0 Å². The second-order valence-electron chi connectivity index (χ2n) is 6.43. The number of benzene rings is 2. The lowest BCUT2D eigenvalue weighted by Gasteiger charge is -2.14. The molecule has 7 heteroatoms. The summed E-state index contributed by atoms with van der Waals surface area (Å²) in [4.78, 5) is 28.4. The van der Waals surface area contributed by atoms with Crippen LogP contribution in [0.2, 0.25) is 0 Å². The first-order valence-corrected chi connectivity index (χ1v) is 8.57. The highest BCUT2D eigenvalue weighted by atomic mass is 16.3. The average molecular weight is 362 g/mol. The van der Waals surface area contributed by atoms with Gasteiger partial charge in [-0.15, -0.1) is 0 Å². The molecule has 2 aromatic carbocycles. The van der Waals surface area contributed by atoms with Gasteiger partial charge in [-0.2, -0.15) is 0 Å². The third kappa shape index (κ3) is 3.52. The van der Waals surface area contributed by atoms with Crippen molar-refractivity contribution in [3.8, 4) is 5.75 Å². The number of imidazole rings is 1. The summed E-state index contributed by atoms with van der Waals surface area (Å²) in [6.45, 7) is 0.422. The van der Waals surface area contributed by atoms with E-state index >= 15 is 0 Å². The molecule has 0 bridgehead atoms. The summed E-state index contributed by atoms with van der Waals surface area (Å²) in [6, 6.07) is 15.4. The van der Waals surface area contributed by atoms with Crippen molar-refractivity contribution >= 4 is 11.9 Å². The number of nitrogens with zero attached hydrogens (tertiary/aromatic N) is 2. The molecule has 1 atom stereocenters. The minimum absolute atomic E-state index is 0.172. The first kappa shape index (κ1) is 16.8. The Hall–Kier alpha value is -3.61. The second-order valence-corrected chi connectivity index (χ2v) is 6.43. The average Bonchev–Trinajstić information content (AvgIpc) is 3.18. The van der Waals surface area contributed by atoms with Crippen LogP contribution in [-0.2, 0) is 17.8 Å². The summed E-state index contributed by atoms with van der Waals surface area (Å²) in [5.41, 5.74) is 3.30. The zero-order valence-electron chi connectivity index (χ0n) is 14.4. The van der Waals surface area contributed by atoms with Gasteiger partial charge in [-0.1, -0.05) is 42.5 Å². The molecule has 1 aliphatic heterocycles. The molecule has 0 spiro atoms. The molecule has 1 aliphatic rings. The number of phenolic OH excluding ortho intramolecular Hbond substituents is 1. The van der Waals surface area contributed by atoms with Crippen molar-refractivity contribution < 1.29 is 14.7 Å². The van der Waals surface area contributed by atoms with Gasteiger partial charge >= 0.3 is 6.03 Å². The predicted octanol–water partition coefficient (Wildman–Crippen LogP) is 2.11. The summed E-state index contributed by atoms with van der Waals surface area (Å²) >= 11 is 0. The number of hydrogen-bond acceptors (Lipinski definition) is 4. The van der Waals surface area contributed by atoms with Gasteiger partial charge in [0.1, 0.15) is 5.75 Å². The van der Waals surface area contributed by atoms with Crippen LogP contribution in [0.1, 0.15) is 28.6 Å². The summed E-state index contributed by atoms with van der Waals surface area (Å²) in [5, 5.41) is 14.6. The molecule has 1 saturated heterocycles. The first-order valence-electron chi connectivity index (χ1n) is 8.57. The minimum atomic E-state index is -0.795. The number of aromatic hydroxyl groups is 1. The highest BCUT2D eigenvalue weighted by Gasteiger charge is 2.35. The lowest BCUT2D eigenvalue weighted by atomic mass is 10.0. The fourth-order valence-corrected chi connectivity index (χ4v) is 3.28. The molecule has 27 heavy (non-hydrogen) atoms. The fourth-order valence-electron chi connectivity index (χ4n) is 3.28. The Morgan fingerprint density at radius 2 is 1.81 bits per heavy atom. The molecule has 0 aliphatic carbocycles. The molecule has 7 nitrogen and oxygen atoms in total. The second kappa shape index (κ2) is 6.95. The molecule has 0 saturated carbocycles. The Labute approximate surface area is 155 Å². The molecule has 0 radical (unpaired) electrons. The molecule has 136 valence electrons. The van der Waals surface area contributed by atoms with Gasteiger partial charge in [-0.3, -0.25) is 10.1 Å². The van der Waals surface area contributed by atoms with Gasteiger partial charge in [0.25, 0.3) is 5.91 Å². The maximum Gasteiger partial charge on any atom is 0.322 e. The van der Waals surface area contributed by atoms with Gasteiger partial charge in [0.2, 0.25) is 0 Å². The van der Waals surface area contributed by atoms with E-state index in [-0.39, 0.29) is 5.75 Å². The van der Waals surface area contributed by atoms with E-state index in [4.69, 9.17) is 0 Å². The van der Waals surface area contributed by atoms with Crippen molar-refractivity contribution in [2.24, 2.45) is 0 Å². The van der Waals surface area contributed by atoms with Crippen LogP contribution in [0.4, 0.5) is 4.79 Å². The number of phenols is 1. The van der Waals surface area contributed by atoms with Crippen LogP contribution < -0.4 is 10.6 Å². The Kier molecular flexibility index (Phi) is 4.33. The van der Waals surface area contributed by atoms with Crippen molar-refractivity contribution in [1.29, 1.82) is 0 Å². The van der Waals surface area contributed by atoms with Gasteiger partial charge in [-0.25, -0.2) is 9.78 Å². The summed E-state index contributed by atoms with van der Waals surface area (Å²) < 4.78 is 1.84. The van der Waals surface area contributed by atoms with Crippen LogP contribution in [0, 0.1) is 0 Å². The Morgan fingerprint density at radius 1 is 1.04 bits per heavy atom. The third-order valence-corrected chi connectivity index (χ3v) is 4.48. The number of aromatic nitrogens is 2.